The van der Waals surface area contributed by atoms with Gasteiger partial charge in [0.05, 0.1) is 6.61 Å². The predicted molar refractivity (Wildman–Crippen MR) is 103 cm³/mol. The predicted octanol–water partition coefficient (Wildman–Crippen LogP) is 1.37. The molecule has 3 heterocycles. The van der Waals surface area contributed by atoms with Crippen LogP contribution >= 0.6 is 0 Å². The molecular formula is C20H19NO10. The van der Waals surface area contributed by atoms with Crippen LogP contribution in [0.4, 0.5) is 10.5 Å². The Balaban J connectivity index is 1.50. The fourth-order valence-corrected chi connectivity index (χ4v) is 3.47. The largest absolute Gasteiger partial charge is 0.509 e. The van der Waals surface area contributed by atoms with Gasteiger partial charge in [-0.25, -0.2) is 9.59 Å². The third-order valence-electron chi connectivity index (χ3n) is 4.86. The number of esters is 1. The lowest BCUT2D eigenvalue weighted by molar-refractivity contribution is -0.145. The van der Waals surface area contributed by atoms with Crippen LogP contribution < -0.4 is 15.7 Å². The maximum atomic E-state index is 12.0. The number of ether oxygens (including phenoxy) is 5. The van der Waals surface area contributed by atoms with Gasteiger partial charge >= 0.3 is 17.8 Å². The molecule has 1 aromatic carbocycles. The molecule has 3 atom stereocenters. The third kappa shape index (κ3) is 4.17. The summed E-state index contributed by atoms with van der Waals surface area (Å²) in [7, 11) is 0. The summed E-state index contributed by atoms with van der Waals surface area (Å²) in [5.74, 6) is -0.524. The van der Waals surface area contributed by atoms with Crippen LogP contribution in [-0.4, -0.2) is 55.7 Å². The summed E-state index contributed by atoms with van der Waals surface area (Å²) in [5, 5.41) is 2.98. The first-order chi connectivity index (χ1) is 14.8. The molecule has 0 spiro atoms. The van der Waals surface area contributed by atoms with E-state index in [9.17, 15) is 19.2 Å². The van der Waals surface area contributed by atoms with Crippen LogP contribution in [0.3, 0.4) is 0 Å². The fourth-order valence-electron chi connectivity index (χ4n) is 3.47. The van der Waals surface area contributed by atoms with Crippen molar-refractivity contribution in [3.05, 3.63) is 34.7 Å². The van der Waals surface area contributed by atoms with Crippen molar-refractivity contribution in [1.82, 2.24) is 0 Å². The molecule has 2 saturated heterocycles. The number of anilines is 1. The minimum atomic E-state index is -1.20. The first-order valence-corrected chi connectivity index (χ1v) is 9.39. The lowest BCUT2D eigenvalue weighted by atomic mass is 9.98. The standard InChI is InChI=1S/C20H19NO10/c1-10(22)21-14-5-12-3-4-13(6-15(12)29-18(14)24)27-8-20-9-28-16(7-26-11(2)23)17(20)30-19(25)31-20/h3-6,16-17H,7-9H2,1-2H3,(H,21,22). The first-order valence-electron chi connectivity index (χ1n) is 9.39. The molecule has 1 aromatic heterocycles. The molecule has 0 aliphatic carbocycles. The van der Waals surface area contributed by atoms with E-state index in [0.717, 1.165) is 0 Å². The molecule has 1 N–H and O–H groups in total. The second kappa shape index (κ2) is 7.91. The van der Waals surface area contributed by atoms with Crippen molar-refractivity contribution in [3.8, 4) is 5.75 Å². The zero-order valence-electron chi connectivity index (χ0n) is 16.7. The maximum absolute atomic E-state index is 12.0. The Bertz CT molecular complexity index is 1110. The van der Waals surface area contributed by atoms with E-state index >= 15 is 0 Å². The Kier molecular flexibility index (Phi) is 5.27. The van der Waals surface area contributed by atoms with E-state index in [1.54, 1.807) is 12.1 Å². The maximum Gasteiger partial charge on any atom is 0.509 e. The van der Waals surface area contributed by atoms with Crippen molar-refractivity contribution < 1.29 is 42.5 Å². The van der Waals surface area contributed by atoms with Crippen molar-refractivity contribution >= 4 is 34.7 Å². The Morgan fingerprint density at radius 3 is 2.77 bits per heavy atom. The van der Waals surface area contributed by atoms with Gasteiger partial charge in [-0.2, -0.15) is 0 Å². The second-order valence-corrected chi connectivity index (χ2v) is 7.22. The normalized spacial score (nSPS) is 24.3. The highest BCUT2D eigenvalue weighted by molar-refractivity contribution is 5.91. The smallest absolute Gasteiger partial charge is 0.489 e. The molecule has 2 aliphatic rings. The molecule has 3 unspecified atom stereocenters. The van der Waals surface area contributed by atoms with Gasteiger partial charge in [0.2, 0.25) is 11.5 Å². The Morgan fingerprint density at radius 2 is 2.03 bits per heavy atom. The average molecular weight is 433 g/mol. The van der Waals surface area contributed by atoms with Crippen LogP contribution in [0.25, 0.3) is 11.0 Å². The van der Waals surface area contributed by atoms with E-state index in [1.165, 1.54) is 26.0 Å². The molecule has 2 fully saturated rings. The van der Waals surface area contributed by atoms with Gasteiger partial charge in [-0.05, 0) is 18.2 Å². The van der Waals surface area contributed by atoms with Crippen molar-refractivity contribution in [3.63, 3.8) is 0 Å². The molecule has 31 heavy (non-hydrogen) atoms. The number of rotatable bonds is 6. The molecule has 11 nitrogen and oxygen atoms in total. The summed E-state index contributed by atoms with van der Waals surface area (Å²) < 4.78 is 32.1. The monoisotopic (exact) mass is 433 g/mol. The molecule has 0 radical (unpaired) electrons. The molecule has 4 rings (SSSR count). The van der Waals surface area contributed by atoms with Crippen molar-refractivity contribution in [2.24, 2.45) is 0 Å². The zero-order valence-corrected chi connectivity index (χ0v) is 16.7. The van der Waals surface area contributed by atoms with Crippen LogP contribution in [0.5, 0.6) is 5.75 Å². The van der Waals surface area contributed by atoms with Gasteiger partial charge in [0.15, 0.2) is 6.10 Å². The summed E-state index contributed by atoms with van der Waals surface area (Å²) in [6, 6.07) is 6.29. The van der Waals surface area contributed by atoms with Gasteiger partial charge in [0, 0.05) is 25.3 Å². The minimum absolute atomic E-state index is 0.00191. The summed E-state index contributed by atoms with van der Waals surface area (Å²) in [4.78, 5) is 46.0. The highest BCUT2D eigenvalue weighted by Gasteiger charge is 2.61. The number of benzene rings is 1. The van der Waals surface area contributed by atoms with Crippen LogP contribution in [0.2, 0.25) is 0 Å². The first kappa shape index (κ1) is 20.7. The number of hydrogen-bond acceptors (Lipinski definition) is 10. The van der Waals surface area contributed by atoms with Gasteiger partial charge in [-0.1, -0.05) is 0 Å². The summed E-state index contributed by atoms with van der Waals surface area (Å²) >= 11 is 0. The number of nitrogens with one attached hydrogen (secondary N) is 1. The van der Waals surface area contributed by atoms with E-state index in [2.05, 4.69) is 5.32 Å². The highest BCUT2D eigenvalue weighted by atomic mass is 16.8. The molecule has 164 valence electrons. The van der Waals surface area contributed by atoms with E-state index in [0.29, 0.717) is 11.1 Å². The lowest BCUT2D eigenvalue weighted by Crippen LogP contribution is -2.47. The summed E-state index contributed by atoms with van der Waals surface area (Å²) in [6.45, 7) is 2.37. The van der Waals surface area contributed by atoms with E-state index in [1.807, 2.05) is 0 Å². The van der Waals surface area contributed by atoms with Crippen LogP contribution in [0.15, 0.2) is 33.5 Å². The number of amides is 1. The molecule has 0 bridgehead atoms. The van der Waals surface area contributed by atoms with Crippen molar-refractivity contribution in [1.29, 1.82) is 0 Å². The Hall–Kier alpha value is -3.60. The zero-order chi connectivity index (χ0) is 22.2. The quantitative estimate of drug-likeness (QED) is 0.525. The topological polar surface area (TPSA) is 140 Å². The van der Waals surface area contributed by atoms with Crippen LogP contribution in [-0.2, 0) is 28.5 Å². The third-order valence-corrected chi connectivity index (χ3v) is 4.86. The van der Waals surface area contributed by atoms with E-state index < -0.39 is 35.6 Å². The van der Waals surface area contributed by atoms with E-state index in [-0.39, 0.29) is 37.0 Å². The van der Waals surface area contributed by atoms with Crippen LogP contribution in [0.1, 0.15) is 13.8 Å². The average Bonchev–Trinajstić information content (AvgIpc) is 3.19. The number of fused-ring (bicyclic) bond motifs is 2. The van der Waals surface area contributed by atoms with Crippen LogP contribution in [0, 0.1) is 0 Å². The molecular weight excluding hydrogens is 414 g/mol. The van der Waals surface area contributed by atoms with Crippen molar-refractivity contribution in [2.75, 3.05) is 25.1 Å². The van der Waals surface area contributed by atoms with Gasteiger partial charge in [0.25, 0.3) is 0 Å². The second-order valence-electron chi connectivity index (χ2n) is 7.22. The van der Waals surface area contributed by atoms with Gasteiger partial charge in [0.1, 0.15) is 36.3 Å². The molecule has 2 aliphatic heterocycles. The molecule has 11 heteroatoms. The van der Waals surface area contributed by atoms with E-state index in [4.69, 9.17) is 28.1 Å². The number of hydrogen-bond donors (Lipinski definition) is 1. The van der Waals surface area contributed by atoms with Gasteiger partial charge in [-0.15, -0.1) is 0 Å². The van der Waals surface area contributed by atoms with Gasteiger partial charge in [-0.3, -0.25) is 9.59 Å². The van der Waals surface area contributed by atoms with Crippen molar-refractivity contribution in [2.45, 2.75) is 31.7 Å². The lowest BCUT2D eigenvalue weighted by Gasteiger charge is -2.24. The Labute approximate surface area is 175 Å². The molecule has 2 aromatic rings. The SMILES string of the molecule is CC(=O)Nc1cc2ccc(OCC34COC(COC(C)=O)C3OC(=O)O4)cc2oc1=O. The number of carbonyl (C=O) groups excluding carboxylic acids is 3. The Morgan fingerprint density at radius 1 is 1.23 bits per heavy atom. The van der Waals surface area contributed by atoms with Gasteiger partial charge < -0.3 is 33.4 Å². The summed E-state index contributed by atoms with van der Waals surface area (Å²) in [6.07, 6.45) is -2.35. The number of carbonyl (C=O) groups is 3. The highest BCUT2D eigenvalue weighted by Crippen LogP contribution is 2.38. The minimum Gasteiger partial charge on any atom is -0.489 e. The fraction of sp³-hybridized carbons (Fsp3) is 0.400. The molecule has 0 saturated carbocycles. The summed E-state index contributed by atoms with van der Waals surface area (Å²) in [5.41, 5.74) is -1.62. The molecule has 1 amide bonds.